The Morgan fingerprint density at radius 3 is 2.70 bits per heavy atom. The van der Waals surface area contributed by atoms with Crippen LogP contribution in [-0.4, -0.2) is 60.2 Å². The Morgan fingerprint density at radius 1 is 1.15 bits per heavy atom. The van der Waals surface area contributed by atoms with Gasteiger partial charge in [0.05, 0.1) is 6.26 Å². The Morgan fingerprint density at radius 2 is 1.96 bits per heavy atom. The molecule has 3 rings (SSSR count). The van der Waals surface area contributed by atoms with E-state index in [1.165, 1.54) is 6.26 Å². The molecule has 2 aliphatic rings. The molecule has 0 atom stereocenters. The Hall–Kier alpha value is -2.31. The summed E-state index contributed by atoms with van der Waals surface area (Å²) in [5.74, 6) is 0.488. The lowest BCUT2D eigenvalue weighted by atomic mass is 9.95. The van der Waals surface area contributed by atoms with Crippen LogP contribution in [0, 0.1) is 5.92 Å². The number of nitrogens with zero attached hydrogens (tertiary/aromatic N) is 2. The van der Waals surface area contributed by atoms with Gasteiger partial charge in [0.25, 0.3) is 5.91 Å². The van der Waals surface area contributed by atoms with Crippen molar-refractivity contribution in [1.29, 1.82) is 0 Å². The molecule has 27 heavy (non-hydrogen) atoms. The topological polar surface area (TPSA) is 82.9 Å². The van der Waals surface area contributed by atoms with Gasteiger partial charge in [-0.1, -0.05) is 6.42 Å². The minimum Gasteiger partial charge on any atom is -0.459 e. The lowest BCUT2D eigenvalue weighted by Gasteiger charge is -2.30. The van der Waals surface area contributed by atoms with Crippen LogP contribution in [-0.2, 0) is 9.59 Å². The van der Waals surface area contributed by atoms with Crippen LogP contribution in [0.4, 0.5) is 0 Å². The summed E-state index contributed by atoms with van der Waals surface area (Å²) in [4.78, 5) is 40.2. The van der Waals surface area contributed by atoms with E-state index in [0.29, 0.717) is 44.7 Å². The minimum atomic E-state index is -0.110. The molecule has 1 aromatic rings. The fourth-order valence-corrected chi connectivity index (χ4v) is 3.80. The summed E-state index contributed by atoms with van der Waals surface area (Å²) < 4.78 is 5.16. The molecule has 0 radical (unpaired) electrons. The summed E-state index contributed by atoms with van der Waals surface area (Å²) in [6.07, 6.45) is 7.47. The summed E-state index contributed by atoms with van der Waals surface area (Å²) in [5.41, 5.74) is 0. The summed E-state index contributed by atoms with van der Waals surface area (Å²) in [6, 6.07) is 3.36. The third-order valence-electron chi connectivity index (χ3n) is 5.46. The first kappa shape index (κ1) is 19.5. The average molecular weight is 375 g/mol. The molecule has 0 bridgehead atoms. The van der Waals surface area contributed by atoms with Crippen molar-refractivity contribution in [2.45, 2.75) is 44.9 Å². The molecule has 2 fully saturated rings. The van der Waals surface area contributed by atoms with Gasteiger partial charge in [-0.25, -0.2) is 0 Å². The molecule has 2 saturated heterocycles. The van der Waals surface area contributed by atoms with Crippen LogP contribution in [0.25, 0.3) is 0 Å². The highest BCUT2D eigenvalue weighted by molar-refractivity contribution is 5.91. The predicted octanol–water partition coefficient (Wildman–Crippen LogP) is 2.04. The Labute approximate surface area is 160 Å². The highest BCUT2D eigenvalue weighted by Crippen LogP contribution is 2.19. The van der Waals surface area contributed by atoms with Gasteiger partial charge in [-0.2, -0.15) is 0 Å². The molecule has 0 unspecified atom stereocenters. The largest absolute Gasteiger partial charge is 0.459 e. The maximum atomic E-state index is 12.4. The van der Waals surface area contributed by atoms with Crippen LogP contribution in [0.3, 0.4) is 0 Å². The van der Waals surface area contributed by atoms with Crippen LogP contribution in [0.5, 0.6) is 0 Å². The number of hydrogen-bond donors (Lipinski definition) is 1. The highest BCUT2D eigenvalue weighted by atomic mass is 16.3. The van der Waals surface area contributed by atoms with Crippen LogP contribution >= 0.6 is 0 Å². The van der Waals surface area contributed by atoms with Gasteiger partial charge in [-0.05, 0) is 44.2 Å². The number of nitrogens with one attached hydrogen (secondary N) is 1. The number of hydrogen-bond acceptors (Lipinski definition) is 4. The van der Waals surface area contributed by atoms with Gasteiger partial charge in [0.15, 0.2) is 5.76 Å². The molecule has 3 heterocycles. The van der Waals surface area contributed by atoms with Crippen LogP contribution in [0.2, 0.25) is 0 Å². The molecule has 3 amide bonds. The van der Waals surface area contributed by atoms with Crippen molar-refractivity contribution in [1.82, 2.24) is 15.1 Å². The first-order valence-electron chi connectivity index (χ1n) is 10.0. The first-order chi connectivity index (χ1) is 13.1. The van der Waals surface area contributed by atoms with Crippen molar-refractivity contribution >= 4 is 17.7 Å². The Balaban J connectivity index is 1.33. The number of rotatable bonds is 6. The van der Waals surface area contributed by atoms with E-state index in [0.717, 1.165) is 38.8 Å². The second-order valence-electron chi connectivity index (χ2n) is 7.38. The van der Waals surface area contributed by atoms with Gasteiger partial charge >= 0.3 is 0 Å². The summed E-state index contributed by atoms with van der Waals surface area (Å²) in [6.45, 7) is 3.29. The highest BCUT2D eigenvalue weighted by Gasteiger charge is 2.28. The molecule has 7 nitrogen and oxygen atoms in total. The molecule has 0 aliphatic carbocycles. The summed E-state index contributed by atoms with van der Waals surface area (Å²) >= 11 is 0. The van der Waals surface area contributed by atoms with Crippen molar-refractivity contribution in [2.75, 3.05) is 32.7 Å². The number of piperidine rings is 1. The molecular formula is C20H29N3O4. The molecule has 1 N–H and O–H groups in total. The van der Waals surface area contributed by atoms with E-state index in [4.69, 9.17) is 4.42 Å². The van der Waals surface area contributed by atoms with E-state index in [-0.39, 0.29) is 23.6 Å². The molecule has 148 valence electrons. The van der Waals surface area contributed by atoms with E-state index in [1.807, 2.05) is 4.90 Å². The van der Waals surface area contributed by atoms with E-state index >= 15 is 0 Å². The van der Waals surface area contributed by atoms with E-state index in [9.17, 15) is 14.4 Å². The number of amides is 3. The number of likely N-dealkylation sites (tertiary alicyclic amines) is 2. The molecule has 0 aromatic carbocycles. The molecular weight excluding hydrogens is 346 g/mol. The lowest BCUT2D eigenvalue weighted by Crippen LogP contribution is -2.43. The zero-order chi connectivity index (χ0) is 19.1. The molecule has 1 aromatic heterocycles. The molecule has 0 spiro atoms. The standard InChI is InChI=1S/C20H29N3O4/c24-18-7-2-1-3-11-22(18)12-5-10-21-19(25)16-8-13-23(14-9-16)20(26)17-6-4-15-27-17/h4,6,15-16H,1-3,5,7-14H2,(H,21,25). The predicted molar refractivity (Wildman–Crippen MR) is 100 cm³/mol. The average Bonchev–Trinajstić information content (AvgIpc) is 3.15. The van der Waals surface area contributed by atoms with Crippen LogP contribution in [0.1, 0.15) is 55.5 Å². The van der Waals surface area contributed by atoms with Gasteiger partial charge in [0, 0.05) is 45.1 Å². The fraction of sp³-hybridized carbons (Fsp3) is 0.650. The molecule has 2 aliphatic heterocycles. The van der Waals surface area contributed by atoms with Crippen molar-refractivity contribution in [3.8, 4) is 0 Å². The Kier molecular flexibility index (Phi) is 6.90. The van der Waals surface area contributed by atoms with Crippen molar-refractivity contribution in [2.24, 2.45) is 5.92 Å². The zero-order valence-electron chi connectivity index (χ0n) is 15.8. The van der Waals surface area contributed by atoms with E-state index < -0.39 is 0 Å². The lowest BCUT2D eigenvalue weighted by molar-refractivity contribution is -0.130. The minimum absolute atomic E-state index is 0.0505. The van der Waals surface area contributed by atoms with Crippen molar-refractivity contribution < 1.29 is 18.8 Å². The van der Waals surface area contributed by atoms with Crippen LogP contribution in [0.15, 0.2) is 22.8 Å². The SMILES string of the molecule is O=C(NCCCN1CCCCCC1=O)C1CCN(C(=O)c2ccco2)CC1. The fourth-order valence-electron chi connectivity index (χ4n) is 3.80. The second-order valence-corrected chi connectivity index (χ2v) is 7.38. The number of carbonyl (C=O) groups is 3. The third-order valence-corrected chi connectivity index (χ3v) is 5.46. The third kappa shape index (κ3) is 5.34. The molecule has 7 heteroatoms. The zero-order valence-corrected chi connectivity index (χ0v) is 15.8. The van der Waals surface area contributed by atoms with Crippen molar-refractivity contribution in [3.63, 3.8) is 0 Å². The number of furan rings is 1. The van der Waals surface area contributed by atoms with Gasteiger partial charge < -0.3 is 19.5 Å². The monoisotopic (exact) mass is 375 g/mol. The van der Waals surface area contributed by atoms with Crippen molar-refractivity contribution in [3.05, 3.63) is 24.2 Å². The van der Waals surface area contributed by atoms with Gasteiger partial charge in [-0.15, -0.1) is 0 Å². The maximum absolute atomic E-state index is 12.4. The molecule has 0 saturated carbocycles. The van der Waals surface area contributed by atoms with Crippen LogP contribution < -0.4 is 5.32 Å². The normalized spacial score (nSPS) is 19.0. The summed E-state index contributed by atoms with van der Waals surface area (Å²) in [5, 5.41) is 3.00. The quantitative estimate of drug-likeness (QED) is 0.772. The van der Waals surface area contributed by atoms with E-state index in [2.05, 4.69) is 5.32 Å². The Bertz CT molecular complexity index is 636. The maximum Gasteiger partial charge on any atom is 0.289 e. The van der Waals surface area contributed by atoms with E-state index in [1.54, 1.807) is 17.0 Å². The smallest absolute Gasteiger partial charge is 0.289 e. The second kappa shape index (κ2) is 9.58. The summed E-state index contributed by atoms with van der Waals surface area (Å²) in [7, 11) is 0. The van der Waals surface area contributed by atoms with Gasteiger partial charge in [0.2, 0.25) is 11.8 Å². The first-order valence-corrected chi connectivity index (χ1v) is 10.0. The number of carbonyl (C=O) groups excluding carboxylic acids is 3. The van der Waals surface area contributed by atoms with Gasteiger partial charge in [0.1, 0.15) is 0 Å². The van der Waals surface area contributed by atoms with Gasteiger partial charge in [-0.3, -0.25) is 14.4 Å².